The monoisotopic (exact) mass is 276 g/mol. The molecule has 2 atom stereocenters. The topological polar surface area (TPSA) is 17.1 Å². The number of Topliss-reactive ketones (excluding diaryl/α,β-unsaturated/α-hetero) is 1. The predicted octanol–water partition coefficient (Wildman–Crippen LogP) is 4.77. The van der Waals surface area contributed by atoms with E-state index >= 15 is 0 Å². The molecule has 0 aromatic heterocycles. The van der Waals surface area contributed by atoms with Crippen LogP contribution >= 0.6 is 0 Å². The first-order valence-electron chi connectivity index (χ1n) is 7.99. The number of benzene rings is 2. The lowest BCUT2D eigenvalue weighted by atomic mass is 9.63. The van der Waals surface area contributed by atoms with Crippen LogP contribution in [0, 0.1) is 5.41 Å². The molecule has 1 heteroatoms. The summed E-state index contributed by atoms with van der Waals surface area (Å²) in [5.41, 5.74) is 3.41. The molecule has 0 saturated heterocycles. The summed E-state index contributed by atoms with van der Waals surface area (Å²) >= 11 is 0. The van der Waals surface area contributed by atoms with E-state index in [0.717, 1.165) is 24.8 Å². The third-order valence-electron chi connectivity index (χ3n) is 5.43. The zero-order chi connectivity index (χ0) is 14.3. The van der Waals surface area contributed by atoms with Crippen molar-refractivity contribution in [3.63, 3.8) is 0 Å². The molecule has 106 valence electrons. The van der Waals surface area contributed by atoms with Crippen LogP contribution in [-0.2, 0) is 6.42 Å². The van der Waals surface area contributed by atoms with Crippen LogP contribution in [0.4, 0.5) is 0 Å². The van der Waals surface area contributed by atoms with E-state index in [4.69, 9.17) is 0 Å². The van der Waals surface area contributed by atoms with Crippen LogP contribution in [0.3, 0.4) is 0 Å². The molecule has 0 amide bonds. The quantitative estimate of drug-likeness (QED) is 0.772. The standard InChI is InChI=1S/C20H20O/c21-19-17-11-5-4-10-16(17)18-12-6-7-13-20(18,19)14-15-8-2-1-3-9-15/h1-5,8-11,18H,6-7,12-14H2. The molecular formula is C20H20O. The molecule has 1 fully saturated rings. The van der Waals surface area contributed by atoms with Crippen molar-refractivity contribution in [1.82, 2.24) is 0 Å². The lowest BCUT2D eigenvalue weighted by Crippen LogP contribution is -2.36. The second-order valence-corrected chi connectivity index (χ2v) is 6.53. The summed E-state index contributed by atoms with van der Waals surface area (Å²) in [5, 5.41) is 0. The molecule has 0 aliphatic heterocycles. The molecular weight excluding hydrogens is 256 g/mol. The maximum Gasteiger partial charge on any atom is 0.170 e. The van der Waals surface area contributed by atoms with Crippen LogP contribution in [0.25, 0.3) is 0 Å². The molecule has 1 saturated carbocycles. The van der Waals surface area contributed by atoms with Gasteiger partial charge in [0, 0.05) is 11.0 Å². The Morgan fingerprint density at radius 2 is 1.71 bits per heavy atom. The Morgan fingerprint density at radius 1 is 0.952 bits per heavy atom. The van der Waals surface area contributed by atoms with Crippen LogP contribution in [-0.4, -0.2) is 5.78 Å². The zero-order valence-electron chi connectivity index (χ0n) is 12.2. The van der Waals surface area contributed by atoms with Gasteiger partial charge in [0.05, 0.1) is 0 Å². The highest BCUT2D eigenvalue weighted by Gasteiger charge is 2.53. The number of ketones is 1. The third-order valence-corrected chi connectivity index (χ3v) is 5.43. The third kappa shape index (κ3) is 1.87. The van der Waals surface area contributed by atoms with Gasteiger partial charge in [-0.3, -0.25) is 4.79 Å². The average Bonchev–Trinajstić information content (AvgIpc) is 2.79. The van der Waals surface area contributed by atoms with E-state index in [-0.39, 0.29) is 5.41 Å². The van der Waals surface area contributed by atoms with Crippen molar-refractivity contribution in [3.8, 4) is 0 Å². The molecule has 0 spiro atoms. The summed E-state index contributed by atoms with van der Waals surface area (Å²) in [4.78, 5) is 13.2. The number of hydrogen-bond acceptors (Lipinski definition) is 1. The summed E-state index contributed by atoms with van der Waals surface area (Å²) in [6.07, 6.45) is 5.54. The largest absolute Gasteiger partial charge is 0.294 e. The SMILES string of the molecule is O=C1c2ccccc2C2CCCCC12Cc1ccccc1. The van der Waals surface area contributed by atoms with E-state index in [1.807, 2.05) is 18.2 Å². The van der Waals surface area contributed by atoms with Gasteiger partial charge >= 0.3 is 0 Å². The summed E-state index contributed by atoms with van der Waals surface area (Å²) in [7, 11) is 0. The van der Waals surface area contributed by atoms with Gasteiger partial charge in [0.1, 0.15) is 0 Å². The van der Waals surface area contributed by atoms with Gasteiger partial charge in [-0.1, -0.05) is 67.4 Å². The Kier molecular flexibility index (Phi) is 2.95. The highest BCUT2D eigenvalue weighted by molar-refractivity contribution is 6.06. The predicted molar refractivity (Wildman–Crippen MR) is 84.6 cm³/mol. The Bertz CT molecular complexity index is 673. The molecule has 4 rings (SSSR count). The molecule has 0 heterocycles. The molecule has 0 radical (unpaired) electrons. The van der Waals surface area contributed by atoms with Crippen molar-refractivity contribution >= 4 is 5.78 Å². The van der Waals surface area contributed by atoms with Crippen LogP contribution < -0.4 is 0 Å². The van der Waals surface area contributed by atoms with Crippen molar-refractivity contribution in [2.75, 3.05) is 0 Å². The molecule has 2 aromatic rings. The van der Waals surface area contributed by atoms with E-state index in [9.17, 15) is 4.79 Å². The van der Waals surface area contributed by atoms with Crippen LogP contribution in [0.15, 0.2) is 54.6 Å². The lowest BCUT2D eigenvalue weighted by molar-refractivity contribution is 0.0705. The lowest BCUT2D eigenvalue weighted by Gasteiger charge is -2.38. The van der Waals surface area contributed by atoms with E-state index in [1.165, 1.54) is 24.0 Å². The Morgan fingerprint density at radius 3 is 2.57 bits per heavy atom. The molecule has 2 unspecified atom stereocenters. The van der Waals surface area contributed by atoms with Gasteiger partial charge < -0.3 is 0 Å². The summed E-state index contributed by atoms with van der Waals surface area (Å²) in [5.74, 6) is 0.821. The first-order valence-corrected chi connectivity index (χ1v) is 7.99. The average molecular weight is 276 g/mol. The number of hydrogen-bond donors (Lipinski definition) is 0. The normalized spacial score (nSPS) is 27.2. The molecule has 2 aliphatic rings. The minimum Gasteiger partial charge on any atom is -0.294 e. The Hall–Kier alpha value is -1.89. The van der Waals surface area contributed by atoms with Gasteiger partial charge in [-0.2, -0.15) is 0 Å². The van der Waals surface area contributed by atoms with Gasteiger partial charge in [-0.25, -0.2) is 0 Å². The molecule has 2 aromatic carbocycles. The van der Waals surface area contributed by atoms with Crippen LogP contribution in [0.2, 0.25) is 0 Å². The van der Waals surface area contributed by atoms with Gasteiger partial charge in [0.15, 0.2) is 5.78 Å². The van der Waals surface area contributed by atoms with Crippen molar-refractivity contribution in [2.45, 2.75) is 38.0 Å². The maximum absolute atomic E-state index is 13.2. The summed E-state index contributed by atoms with van der Waals surface area (Å²) in [6, 6.07) is 18.8. The van der Waals surface area contributed by atoms with Crippen molar-refractivity contribution in [3.05, 3.63) is 71.3 Å². The number of fused-ring (bicyclic) bond motifs is 3. The van der Waals surface area contributed by atoms with Gasteiger partial charge in [-0.05, 0) is 36.3 Å². The van der Waals surface area contributed by atoms with Crippen LogP contribution in [0.5, 0.6) is 0 Å². The minimum atomic E-state index is -0.177. The van der Waals surface area contributed by atoms with Crippen LogP contribution in [0.1, 0.15) is 53.1 Å². The van der Waals surface area contributed by atoms with Crippen molar-refractivity contribution in [1.29, 1.82) is 0 Å². The van der Waals surface area contributed by atoms with Crippen molar-refractivity contribution < 1.29 is 4.79 Å². The fourth-order valence-electron chi connectivity index (χ4n) is 4.49. The van der Waals surface area contributed by atoms with E-state index in [1.54, 1.807) is 0 Å². The molecule has 2 aliphatic carbocycles. The minimum absolute atomic E-state index is 0.177. The highest BCUT2D eigenvalue weighted by atomic mass is 16.1. The fraction of sp³-hybridized carbons (Fsp3) is 0.350. The molecule has 0 N–H and O–H groups in total. The Labute approximate surface area is 126 Å². The summed E-state index contributed by atoms with van der Waals surface area (Å²) < 4.78 is 0. The number of carbonyl (C=O) groups excluding carboxylic acids is 1. The Balaban J connectivity index is 1.80. The van der Waals surface area contributed by atoms with Gasteiger partial charge in [0.2, 0.25) is 0 Å². The second-order valence-electron chi connectivity index (χ2n) is 6.53. The van der Waals surface area contributed by atoms with E-state index in [0.29, 0.717) is 11.7 Å². The van der Waals surface area contributed by atoms with Gasteiger partial charge in [0.25, 0.3) is 0 Å². The zero-order valence-corrected chi connectivity index (χ0v) is 12.2. The molecule has 21 heavy (non-hydrogen) atoms. The fourth-order valence-corrected chi connectivity index (χ4v) is 4.49. The number of carbonyl (C=O) groups is 1. The first-order chi connectivity index (χ1) is 10.3. The molecule has 0 bridgehead atoms. The van der Waals surface area contributed by atoms with Crippen molar-refractivity contribution in [2.24, 2.45) is 5.41 Å². The highest BCUT2D eigenvalue weighted by Crippen LogP contribution is 2.56. The smallest absolute Gasteiger partial charge is 0.170 e. The van der Waals surface area contributed by atoms with E-state index < -0.39 is 0 Å². The van der Waals surface area contributed by atoms with Gasteiger partial charge in [-0.15, -0.1) is 0 Å². The molecule has 1 nitrogen and oxygen atoms in total. The first kappa shape index (κ1) is 12.8. The van der Waals surface area contributed by atoms with E-state index in [2.05, 4.69) is 36.4 Å². The maximum atomic E-state index is 13.2. The number of rotatable bonds is 2. The second kappa shape index (κ2) is 4.84. The summed E-state index contributed by atoms with van der Waals surface area (Å²) in [6.45, 7) is 0.